The van der Waals surface area contributed by atoms with Gasteiger partial charge in [0.1, 0.15) is 5.82 Å². The molecule has 0 saturated carbocycles. The van der Waals surface area contributed by atoms with Crippen LogP contribution in [0.25, 0.3) is 0 Å². The van der Waals surface area contributed by atoms with Gasteiger partial charge in [-0.15, -0.1) is 0 Å². The van der Waals surface area contributed by atoms with Crippen LogP contribution in [0.3, 0.4) is 0 Å². The van der Waals surface area contributed by atoms with Crippen LogP contribution < -0.4 is 10.6 Å². The molecule has 17 heavy (non-hydrogen) atoms. The van der Waals surface area contributed by atoms with Crippen molar-refractivity contribution in [1.29, 1.82) is 0 Å². The van der Waals surface area contributed by atoms with E-state index in [1.165, 1.54) is 0 Å². The zero-order valence-corrected chi connectivity index (χ0v) is 11.6. The topological polar surface area (TPSA) is 55.0 Å². The normalized spacial score (nSPS) is 12.9. The van der Waals surface area contributed by atoms with Crippen molar-refractivity contribution in [3.05, 3.63) is 17.7 Å². The van der Waals surface area contributed by atoms with Gasteiger partial charge in [0, 0.05) is 25.6 Å². The molecule has 0 bridgehead atoms. The highest BCUT2D eigenvalue weighted by Crippen LogP contribution is 2.21. The molecule has 0 fully saturated rings. The number of nitrogens with two attached hydrogens (primary N) is 1. The molecule has 0 aliphatic rings. The van der Waals surface area contributed by atoms with Crippen LogP contribution in [0.2, 0.25) is 0 Å². The van der Waals surface area contributed by atoms with E-state index in [1.807, 2.05) is 6.20 Å². The third kappa shape index (κ3) is 3.16. The summed E-state index contributed by atoms with van der Waals surface area (Å²) < 4.78 is 0. The summed E-state index contributed by atoms with van der Waals surface area (Å²) in [5, 5.41) is 0. The third-order valence-electron chi connectivity index (χ3n) is 3.21. The Hall–Kier alpha value is -1.16. The Bertz CT molecular complexity index is 362. The fourth-order valence-corrected chi connectivity index (χ4v) is 1.66. The zero-order valence-electron chi connectivity index (χ0n) is 11.6. The summed E-state index contributed by atoms with van der Waals surface area (Å²) >= 11 is 0. The maximum Gasteiger partial charge on any atom is 0.131 e. The monoisotopic (exact) mass is 236 g/mol. The molecule has 1 atom stereocenters. The van der Waals surface area contributed by atoms with E-state index in [-0.39, 0.29) is 0 Å². The Morgan fingerprint density at radius 1 is 1.35 bits per heavy atom. The molecule has 1 heterocycles. The molecule has 1 aromatic heterocycles. The fourth-order valence-electron chi connectivity index (χ4n) is 1.66. The van der Waals surface area contributed by atoms with Crippen molar-refractivity contribution in [2.45, 2.75) is 52.6 Å². The molecule has 0 amide bonds. The van der Waals surface area contributed by atoms with Crippen LogP contribution in [0, 0.1) is 0 Å². The second-order valence-electron chi connectivity index (χ2n) is 4.79. The molecule has 4 nitrogen and oxygen atoms in total. The molecule has 0 aliphatic heterocycles. The predicted molar refractivity (Wildman–Crippen MR) is 72.2 cm³/mol. The van der Waals surface area contributed by atoms with Gasteiger partial charge in [-0.3, -0.25) is 0 Å². The molecule has 0 aliphatic carbocycles. The van der Waals surface area contributed by atoms with Crippen molar-refractivity contribution in [1.82, 2.24) is 9.97 Å². The Kier molecular flexibility index (Phi) is 4.87. The van der Waals surface area contributed by atoms with Crippen LogP contribution in [-0.4, -0.2) is 23.1 Å². The van der Waals surface area contributed by atoms with Gasteiger partial charge in [0.25, 0.3) is 0 Å². The summed E-state index contributed by atoms with van der Waals surface area (Å²) in [6, 6.07) is 0.466. The average molecular weight is 236 g/mol. The first-order chi connectivity index (χ1) is 8.01. The number of hydrogen-bond donors (Lipinski definition) is 1. The van der Waals surface area contributed by atoms with E-state index >= 15 is 0 Å². The van der Waals surface area contributed by atoms with Gasteiger partial charge in [-0.25, -0.2) is 9.97 Å². The van der Waals surface area contributed by atoms with E-state index < -0.39 is 0 Å². The molecule has 0 saturated heterocycles. The van der Waals surface area contributed by atoms with Crippen LogP contribution >= 0.6 is 0 Å². The van der Waals surface area contributed by atoms with Crippen molar-refractivity contribution in [3.63, 3.8) is 0 Å². The largest absolute Gasteiger partial charge is 0.369 e. The molecular formula is C13H24N4. The minimum absolute atomic E-state index is 0.336. The SMILES string of the molecule is CCC(C)N(C)c1cnc(C(C)C)nc1CN. The molecule has 1 aromatic rings. The number of hydrogen-bond acceptors (Lipinski definition) is 4. The minimum Gasteiger partial charge on any atom is -0.369 e. The van der Waals surface area contributed by atoms with Crippen LogP contribution in [0.1, 0.15) is 51.6 Å². The molecule has 0 spiro atoms. The van der Waals surface area contributed by atoms with Gasteiger partial charge >= 0.3 is 0 Å². The average Bonchev–Trinajstić information content (AvgIpc) is 2.35. The first-order valence-electron chi connectivity index (χ1n) is 6.29. The molecular weight excluding hydrogens is 212 g/mol. The fraction of sp³-hybridized carbons (Fsp3) is 0.692. The van der Waals surface area contributed by atoms with Crippen LogP contribution in [0.4, 0.5) is 5.69 Å². The van der Waals surface area contributed by atoms with E-state index in [2.05, 4.69) is 49.6 Å². The summed E-state index contributed by atoms with van der Waals surface area (Å²) in [7, 11) is 2.07. The maximum atomic E-state index is 5.78. The maximum absolute atomic E-state index is 5.78. The van der Waals surface area contributed by atoms with Gasteiger partial charge < -0.3 is 10.6 Å². The molecule has 0 aromatic carbocycles. The van der Waals surface area contributed by atoms with E-state index in [0.717, 1.165) is 23.6 Å². The second-order valence-corrected chi connectivity index (χ2v) is 4.79. The number of rotatable bonds is 5. The van der Waals surface area contributed by atoms with E-state index in [4.69, 9.17) is 5.73 Å². The van der Waals surface area contributed by atoms with Gasteiger partial charge in [0.2, 0.25) is 0 Å². The minimum atomic E-state index is 0.336. The van der Waals surface area contributed by atoms with Crippen LogP contribution in [0.15, 0.2) is 6.20 Å². The first kappa shape index (κ1) is 13.9. The molecule has 96 valence electrons. The van der Waals surface area contributed by atoms with Gasteiger partial charge in [-0.1, -0.05) is 20.8 Å². The second kappa shape index (κ2) is 5.96. The van der Waals surface area contributed by atoms with Crippen LogP contribution in [-0.2, 0) is 6.54 Å². The van der Waals surface area contributed by atoms with Gasteiger partial charge in [0.05, 0.1) is 17.6 Å². The lowest BCUT2D eigenvalue weighted by Crippen LogP contribution is -2.30. The van der Waals surface area contributed by atoms with E-state index in [0.29, 0.717) is 18.5 Å². The summed E-state index contributed by atoms with van der Waals surface area (Å²) in [6.07, 6.45) is 2.99. The van der Waals surface area contributed by atoms with Crippen molar-refractivity contribution in [2.24, 2.45) is 5.73 Å². The van der Waals surface area contributed by atoms with E-state index in [1.54, 1.807) is 0 Å². The molecule has 2 N–H and O–H groups in total. The Morgan fingerprint density at radius 2 is 2.00 bits per heavy atom. The molecule has 0 radical (unpaired) electrons. The van der Waals surface area contributed by atoms with Crippen molar-refractivity contribution >= 4 is 5.69 Å². The standard InChI is InChI=1S/C13H24N4/c1-6-10(4)17(5)12-8-15-13(9(2)3)16-11(12)7-14/h8-10H,6-7,14H2,1-5H3. The summed E-state index contributed by atoms with van der Waals surface area (Å²) in [5.74, 6) is 1.20. The molecule has 1 unspecified atom stereocenters. The van der Waals surface area contributed by atoms with Gasteiger partial charge in [-0.2, -0.15) is 0 Å². The number of aromatic nitrogens is 2. The lowest BCUT2D eigenvalue weighted by Gasteiger charge is -2.27. The van der Waals surface area contributed by atoms with Crippen LogP contribution in [0.5, 0.6) is 0 Å². The zero-order chi connectivity index (χ0) is 13.0. The highest BCUT2D eigenvalue weighted by Gasteiger charge is 2.14. The summed E-state index contributed by atoms with van der Waals surface area (Å²) in [5.41, 5.74) is 7.77. The molecule has 1 rings (SSSR count). The van der Waals surface area contributed by atoms with Gasteiger partial charge in [-0.05, 0) is 13.3 Å². The highest BCUT2D eigenvalue weighted by atomic mass is 15.2. The number of nitrogens with zero attached hydrogens (tertiary/aromatic N) is 3. The Morgan fingerprint density at radius 3 is 2.47 bits per heavy atom. The smallest absolute Gasteiger partial charge is 0.131 e. The van der Waals surface area contributed by atoms with E-state index in [9.17, 15) is 0 Å². The third-order valence-corrected chi connectivity index (χ3v) is 3.21. The lowest BCUT2D eigenvalue weighted by molar-refractivity contribution is 0.653. The summed E-state index contributed by atoms with van der Waals surface area (Å²) in [6.45, 7) is 9.00. The Balaban J connectivity index is 3.08. The lowest BCUT2D eigenvalue weighted by atomic mass is 10.1. The van der Waals surface area contributed by atoms with Crippen molar-refractivity contribution in [3.8, 4) is 0 Å². The highest BCUT2D eigenvalue weighted by molar-refractivity contribution is 5.49. The molecule has 4 heteroatoms. The first-order valence-corrected chi connectivity index (χ1v) is 6.29. The summed E-state index contributed by atoms with van der Waals surface area (Å²) in [4.78, 5) is 11.2. The van der Waals surface area contributed by atoms with Crippen molar-refractivity contribution < 1.29 is 0 Å². The number of anilines is 1. The van der Waals surface area contributed by atoms with Crippen molar-refractivity contribution in [2.75, 3.05) is 11.9 Å². The Labute approximate surface area is 104 Å². The predicted octanol–water partition coefficient (Wildman–Crippen LogP) is 2.29. The quantitative estimate of drug-likeness (QED) is 0.852. The van der Waals surface area contributed by atoms with Gasteiger partial charge in [0.15, 0.2) is 0 Å².